The normalized spacial score (nSPS) is 16.6. The van der Waals surface area contributed by atoms with Crippen molar-refractivity contribution in [3.05, 3.63) is 26.7 Å². The average molecular weight is 367 g/mol. The predicted molar refractivity (Wildman–Crippen MR) is 76.7 cm³/mol. The van der Waals surface area contributed by atoms with Crippen LogP contribution >= 0.6 is 39.1 Å². The summed E-state index contributed by atoms with van der Waals surface area (Å²) in [6.07, 6.45) is 1.42. The maximum atomic E-state index is 12.1. The summed E-state index contributed by atoms with van der Waals surface area (Å²) < 4.78 is 0.605. The van der Waals surface area contributed by atoms with E-state index in [1.54, 1.807) is 12.1 Å². The Labute approximate surface area is 128 Å². The minimum absolute atomic E-state index is 0.184. The lowest BCUT2D eigenvalue weighted by atomic mass is 9.68. The van der Waals surface area contributed by atoms with Crippen LogP contribution in [0.25, 0.3) is 0 Å². The highest BCUT2D eigenvalue weighted by Gasteiger charge is 2.51. The highest BCUT2D eigenvalue weighted by Crippen LogP contribution is 2.43. The lowest BCUT2D eigenvalue weighted by Gasteiger charge is -2.35. The number of rotatable bonds is 3. The molecule has 1 saturated carbocycles. The number of carbonyl (C=O) groups is 2. The molecular weight excluding hydrogens is 357 g/mol. The minimum Gasteiger partial charge on any atom is -0.480 e. The van der Waals surface area contributed by atoms with Crippen molar-refractivity contribution in [2.75, 3.05) is 5.32 Å². The highest BCUT2D eigenvalue weighted by atomic mass is 79.9. The van der Waals surface area contributed by atoms with Crippen LogP contribution < -0.4 is 5.32 Å². The SMILES string of the molecule is O=C(O)C1(C(=O)Nc2ccc(Br)c(Cl)c2Cl)CCC1. The standard InChI is InChI=1S/C12H10BrCl2NO3/c13-6-2-3-7(9(15)8(6)14)16-10(17)12(11(18)19)4-1-5-12/h2-3H,1,4-5H2,(H,16,17)(H,18,19). The number of hydrogen-bond donors (Lipinski definition) is 2. The van der Waals surface area contributed by atoms with Gasteiger partial charge in [0.05, 0.1) is 15.7 Å². The number of aliphatic carboxylic acids is 1. The van der Waals surface area contributed by atoms with Crippen LogP contribution in [0.4, 0.5) is 5.69 Å². The number of hydrogen-bond acceptors (Lipinski definition) is 2. The number of carboxylic acid groups (broad SMARTS) is 1. The first-order valence-electron chi connectivity index (χ1n) is 5.57. The molecule has 0 radical (unpaired) electrons. The molecule has 1 amide bonds. The predicted octanol–water partition coefficient (Wildman–Crippen LogP) is 3.95. The van der Waals surface area contributed by atoms with Gasteiger partial charge in [-0.15, -0.1) is 0 Å². The molecule has 1 aromatic rings. The summed E-state index contributed by atoms with van der Waals surface area (Å²) in [4.78, 5) is 23.3. The van der Waals surface area contributed by atoms with Gasteiger partial charge in [-0.2, -0.15) is 0 Å². The van der Waals surface area contributed by atoms with Crippen molar-refractivity contribution in [2.24, 2.45) is 5.41 Å². The molecule has 2 rings (SSSR count). The maximum absolute atomic E-state index is 12.1. The molecule has 1 aromatic carbocycles. The fourth-order valence-corrected chi connectivity index (χ4v) is 2.75. The first-order valence-corrected chi connectivity index (χ1v) is 7.12. The van der Waals surface area contributed by atoms with E-state index in [2.05, 4.69) is 21.2 Å². The third-order valence-electron chi connectivity index (χ3n) is 3.33. The van der Waals surface area contributed by atoms with Gasteiger partial charge in [0.15, 0.2) is 0 Å². The molecule has 0 aliphatic heterocycles. The zero-order valence-corrected chi connectivity index (χ0v) is 12.8. The molecule has 0 heterocycles. The first kappa shape index (κ1) is 14.6. The lowest BCUT2D eigenvalue weighted by Crippen LogP contribution is -2.48. The molecule has 1 aliphatic rings. The summed E-state index contributed by atoms with van der Waals surface area (Å²) in [5.41, 5.74) is -1.02. The van der Waals surface area contributed by atoms with E-state index in [9.17, 15) is 14.7 Å². The van der Waals surface area contributed by atoms with E-state index in [1.165, 1.54) is 0 Å². The summed E-state index contributed by atoms with van der Waals surface area (Å²) >= 11 is 15.2. The first-order chi connectivity index (χ1) is 8.88. The second-order valence-electron chi connectivity index (χ2n) is 4.42. The molecule has 7 heteroatoms. The van der Waals surface area contributed by atoms with Gasteiger partial charge in [0.2, 0.25) is 5.91 Å². The van der Waals surface area contributed by atoms with Crippen LogP contribution in [0.3, 0.4) is 0 Å². The summed E-state index contributed by atoms with van der Waals surface area (Å²) in [5.74, 6) is -1.65. The molecule has 1 aliphatic carbocycles. The van der Waals surface area contributed by atoms with Crippen molar-refractivity contribution >= 4 is 56.7 Å². The molecule has 102 valence electrons. The molecular formula is C12H10BrCl2NO3. The van der Waals surface area contributed by atoms with E-state index in [0.717, 1.165) is 6.42 Å². The van der Waals surface area contributed by atoms with Crippen LogP contribution in [-0.4, -0.2) is 17.0 Å². The number of anilines is 1. The van der Waals surface area contributed by atoms with Gasteiger partial charge in [-0.05, 0) is 40.9 Å². The van der Waals surface area contributed by atoms with E-state index in [1.807, 2.05) is 0 Å². The molecule has 2 N–H and O–H groups in total. The fourth-order valence-electron chi connectivity index (χ4n) is 1.93. The van der Waals surface area contributed by atoms with Gasteiger partial charge in [-0.25, -0.2) is 0 Å². The van der Waals surface area contributed by atoms with Crippen LogP contribution in [0.2, 0.25) is 10.0 Å². The van der Waals surface area contributed by atoms with Crippen LogP contribution in [-0.2, 0) is 9.59 Å². The second-order valence-corrected chi connectivity index (χ2v) is 6.03. The van der Waals surface area contributed by atoms with Crippen molar-refractivity contribution in [3.8, 4) is 0 Å². The quantitative estimate of drug-likeness (QED) is 0.628. The van der Waals surface area contributed by atoms with Gasteiger partial charge < -0.3 is 10.4 Å². The third kappa shape index (κ3) is 2.47. The Morgan fingerprint density at radius 3 is 2.37 bits per heavy atom. The largest absolute Gasteiger partial charge is 0.480 e. The average Bonchev–Trinajstić information content (AvgIpc) is 2.28. The molecule has 1 fully saturated rings. The van der Waals surface area contributed by atoms with Crippen LogP contribution in [0.1, 0.15) is 19.3 Å². The number of carboxylic acids is 1. The molecule has 0 unspecified atom stereocenters. The molecule has 0 aromatic heterocycles. The molecule has 0 atom stereocenters. The smallest absolute Gasteiger partial charge is 0.319 e. The number of carbonyl (C=O) groups excluding carboxylic acids is 1. The molecule has 0 saturated heterocycles. The van der Waals surface area contributed by atoms with Gasteiger partial charge in [-0.1, -0.05) is 29.6 Å². The Kier molecular flexibility index (Phi) is 4.08. The van der Waals surface area contributed by atoms with E-state index >= 15 is 0 Å². The second kappa shape index (κ2) is 5.31. The summed E-state index contributed by atoms with van der Waals surface area (Å²) in [5, 5.41) is 12.2. The molecule has 0 spiro atoms. The summed E-state index contributed by atoms with van der Waals surface area (Å²) in [7, 11) is 0. The van der Waals surface area contributed by atoms with Gasteiger partial charge >= 0.3 is 5.97 Å². The van der Waals surface area contributed by atoms with Crippen molar-refractivity contribution in [2.45, 2.75) is 19.3 Å². The number of nitrogens with one attached hydrogen (secondary N) is 1. The van der Waals surface area contributed by atoms with Gasteiger partial charge in [0.25, 0.3) is 0 Å². The van der Waals surface area contributed by atoms with E-state index < -0.39 is 17.3 Å². The van der Waals surface area contributed by atoms with Crippen LogP contribution in [0.15, 0.2) is 16.6 Å². The Bertz CT molecular complexity index is 558. The monoisotopic (exact) mass is 365 g/mol. The van der Waals surface area contributed by atoms with Crippen molar-refractivity contribution in [3.63, 3.8) is 0 Å². The van der Waals surface area contributed by atoms with E-state index in [4.69, 9.17) is 23.2 Å². The zero-order valence-electron chi connectivity index (χ0n) is 9.67. The Morgan fingerprint density at radius 1 is 1.26 bits per heavy atom. The number of benzene rings is 1. The number of halogens is 3. The Hall–Kier alpha value is -0.780. The zero-order chi connectivity index (χ0) is 14.2. The molecule has 4 nitrogen and oxygen atoms in total. The summed E-state index contributed by atoms with van der Waals surface area (Å²) in [6, 6.07) is 3.21. The number of amides is 1. The topological polar surface area (TPSA) is 66.4 Å². The van der Waals surface area contributed by atoms with E-state index in [0.29, 0.717) is 23.0 Å². The van der Waals surface area contributed by atoms with Gasteiger partial charge in [0, 0.05) is 4.47 Å². The Balaban J connectivity index is 2.25. The van der Waals surface area contributed by atoms with Crippen molar-refractivity contribution < 1.29 is 14.7 Å². The third-order valence-corrected chi connectivity index (χ3v) is 5.11. The minimum atomic E-state index is -1.33. The Morgan fingerprint density at radius 2 is 1.89 bits per heavy atom. The maximum Gasteiger partial charge on any atom is 0.319 e. The van der Waals surface area contributed by atoms with Gasteiger partial charge in [-0.3, -0.25) is 9.59 Å². The molecule has 19 heavy (non-hydrogen) atoms. The van der Waals surface area contributed by atoms with E-state index in [-0.39, 0.29) is 10.0 Å². The van der Waals surface area contributed by atoms with Crippen molar-refractivity contribution in [1.29, 1.82) is 0 Å². The van der Waals surface area contributed by atoms with Crippen LogP contribution in [0.5, 0.6) is 0 Å². The molecule has 0 bridgehead atoms. The van der Waals surface area contributed by atoms with Crippen molar-refractivity contribution in [1.82, 2.24) is 0 Å². The van der Waals surface area contributed by atoms with Gasteiger partial charge in [0.1, 0.15) is 5.41 Å². The summed E-state index contributed by atoms with van der Waals surface area (Å²) in [6.45, 7) is 0. The lowest BCUT2D eigenvalue weighted by molar-refractivity contribution is -0.159. The van der Waals surface area contributed by atoms with Crippen LogP contribution in [0, 0.1) is 5.41 Å². The highest BCUT2D eigenvalue weighted by molar-refractivity contribution is 9.10. The fraction of sp³-hybridized carbons (Fsp3) is 0.333.